The molecule has 2 aromatic carbocycles. The minimum atomic E-state index is -4.57. The van der Waals surface area contributed by atoms with Gasteiger partial charge in [0.15, 0.2) is 9.84 Å². The van der Waals surface area contributed by atoms with E-state index in [0.717, 1.165) is 17.2 Å². The van der Waals surface area contributed by atoms with E-state index in [1.165, 1.54) is 42.3 Å². The number of piperidine rings is 1. The highest BCUT2D eigenvalue weighted by atomic mass is 32.2. The first-order valence-electron chi connectivity index (χ1n) is 14.4. The number of aromatic nitrogens is 2. The summed E-state index contributed by atoms with van der Waals surface area (Å²) in [5, 5.41) is 5.59. The number of likely N-dealkylation sites (tertiary alicyclic amines) is 1. The number of nitrogens with zero attached hydrogens (tertiary/aromatic N) is 3. The van der Waals surface area contributed by atoms with E-state index in [9.17, 15) is 31.2 Å². The van der Waals surface area contributed by atoms with Crippen LogP contribution in [0.4, 0.5) is 28.0 Å². The van der Waals surface area contributed by atoms with Crippen molar-refractivity contribution in [2.75, 3.05) is 38.3 Å². The number of hydrogen-bond donors (Lipinski definition) is 2. The van der Waals surface area contributed by atoms with E-state index in [4.69, 9.17) is 9.47 Å². The Kier molecular flexibility index (Phi) is 10.3. The number of amides is 2. The van der Waals surface area contributed by atoms with Crippen LogP contribution in [0.25, 0.3) is 11.0 Å². The van der Waals surface area contributed by atoms with Gasteiger partial charge in [-0.05, 0) is 51.5 Å². The number of benzene rings is 2. The van der Waals surface area contributed by atoms with Crippen molar-refractivity contribution in [3.05, 3.63) is 47.8 Å². The predicted molar refractivity (Wildman–Crippen MR) is 166 cm³/mol. The number of sulfone groups is 1. The molecule has 47 heavy (non-hydrogen) atoms. The van der Waals surface area contributed by atoms with Gasteiger partial charge in [-0.25, -0.2) is 22.6 Å². The summed E-state index contributed by atoms with van der Waals surface area (Å²) >= 11 is 0. The third-order valence-corrected chi connectivity index (χ3v) is 8.14. The highest BCUT2D eigenvalue weighted by molar-refractivity contribution is 7.90. The van der Waals surface area contributed by atoms with Crippen molar-refractivity contribution in [2.45, 2.75) is 62.6 Å². The molecule has 1 aliphatic rings. The molecular formula is C31H35F4N5O6S. The van der Waals surface area contributed by atoms with Crippen LogP contribution in [0.5, 0.6) is 5.75 Å². The quantitative estimate of drug-likeness (QED) is 0.274. The predicted octanol–water partition coefficient (Wildman–Crippen LogP) is 4.55. The lowest BCUT2D eigenvalue weighted by Gasteiger charge is -2.35. The summed E-state index contributed by atoms with van der Waals surface area (Å²) in [6, 6.07) is 6.03. The number of alkyl halides is 4. The molecule has 1 aliphatic heterocycles. The molecule has 16 heteroatoms. The van der Waals surface area contributed by atoms with Gasteiger partial charge in [-0.15, -0.1) is 0 Å². The lowest BCUT2D eigenvalue weighted by molar-refractivity contribution is -0.140. The maximum atomic E-state index is 15.2. The Morgan fingerprint density at radius 3 is 2.49 bits per heavy atom. The Hall–Kier alpha value is -4.52. The van der Waals surface area contributed by atoms with Gasteiger partial charge in [-0.1, -0.05) is 11.8 Å². The van der Waals surface area contributed by atoms with Crippen molar-refractivity contribution in [1.82, 2.24) is 19.8 Å². The molecule has 2 amide bonds. The molecule has 0 spiro atoms. The Labute approximate surface area is 269 Å². The monoisotopic (exact) mass is 681 g/mol. The summed E-state index contributed by atoms with van der Waals surface area (Å²) in [5.41, 5.74) is -0.233. The van der Waals surface area contributed by atoms with Crippen LogP contribution >= 0.6 is 0 Å². The number of carbonyl (C=O) groups excluding carboxylic acids is 2. The van der Waals surface area contributed by atoms with Crippen molar-refractivity contribution >= 4 is 38.6 Å². The first-order chi connectivity index (χ1) is 21.8. The van der Waals surface area contributed by atoms with Crippen LogP contribution in [0.1, 0.15) is 43.1 Å². The van der Waals surface area contributed by atoms with Crippen LogP contribution in [0.3, 0.4) is 0 Å². The second-order valence-electron chi connectivity index (χ2n) is 12.0. The second-order valence-corrected chi connectivity index (χ2v) is 14.0. The van der Waals surface area contributed by atoms with E-state index in [-0.39, 0.29) is 58.9 Å². The van der Waals surface area contributed by atoms with E-state index >= 15 is 4.39 Å². The third-order valence-electron chi connectivity index (χ3n) is 7.03. The van der Waals surface area contributed by atoms with Crippen LogP contribution in [0, 0.1) is 11.8 Å². The van der Waals surface area contributed by atoms with Crippen LogP contribution in [-0.4, -0.2) is 91.9 Å². The maximum Gasteiger partial charge on any atom is 0.410 e. The molecule has 4 rings (SSSR count). The first kappa shape index (κ1) is 35.3. The summed E-state index contributed by atoms with van der Waals surface area (Å²) < 4.78 is 90.2. The fourth-order valence-electron chi connectivity index (χ4n) is 4.87. The van der Waals surface area contributed by atoms with Gasteiger partial charge in [0.2, 0.25) is 0 Å². The van der Waals surface area contributed by atoms with Crippen molar-refractivity contribution in [1.29, 1.82) is 0 Å². The summed E-state index contributed by atoms with van der Waals surface area (Å²) in [6.07, 6.45) is -4.76. The number of halogens is 4. The molecule has 3 aromatic rings. The molecule has 2 N–H and O–H groups in total. The molecular weight excluding hydrogens is 646 g/mol. The molecule has 2 atom stereocenters. The van der Waals surface area contributed by atoms with Crippen LogP contribution in [0.2, 0.25) is 0 Å². The zero-order valence-corrected chi connectivity index (χ0v) is 27.2. The van der Waals surface area contributed by atoms with Gasteiger partial charge in [0.1, 0.15) is 29.6 Å². The Balaban J connectivity index is 1.56. The van der Waals surface area contributed by atoms with Crippen LogP contribution in [-0.2, 0) is 21.1 Å². The molecule has 0 saturated carbocycles. The number of rotatable bonds is 7. The average Bonchev–Trinajstić information content (AvgIpc) is 3.35. The molecule has 254 valence electrons. The molecule has 0 unspecified atom stereocenters. The zero-order valence-electron chi connectivity index (χ0n) is 26.4. The molecule has 1 fully saturated rings. The summed E-state index contributed by atoms with van der Waals surface area (Å²) in [6.45, 7) is 3.54. The molecule has 2 heterocycles. The number of nitrogens with one attached hydrogen (secondary N) is 2. The molecule has 0 bridgehead atoms. The Bertz CT molecular complexity index is 1830. The van der Waals surface area contributed by atoms with E-state index in [0.29, 0.717) is 5.69 Å². The molecule has 11 nitrogen and oxygen atoms in total. The summed E-state index contributed by atoms with van der Waals surface area (Å²) in [7, 11) is -2.09. The number of carbonyl (C=O) groups is 2. The van der Waals surface area contributed by atoms with Crippen molar-refractivity contribution in [3.63, 3.8) is 0 Å². The number of hydrogen-bond acceptors (Lipinski definition) is 8. The standard InChI is InChI=1S/C31H35F4N5O6S/c1-30(2,3)46-29(42)39-12-10-23(22(32)16-39)38-28(41)21-13-19(14-25-27(21)37-18-40(25)17-31(33,34)35)7-6-11-36-24-9-8-20(47(5,43)44)15-26(24)45-4/h8-9,13-15,18,22-23,36H,10-12,16-17H2,1-5H3,(H,38,41)/t22-,23-/m0/s1. The molecule has 0 aliphatic carbocycles. The van der Waals surface area contributed by atoms with Gasteiger partial charge in [0, 0.05) is 24.4 Å². The lowest BCUT2D eigenvalue weighted by atomic mass is 10.0. The molecule has 1 saturated heterocycles. The normalized spacial score (nSPS) is 17.1. The average molecular weight is 682 g/mol. The molecule has 1 aromatic heterocycles. The highest BCUT2D eigenvalue weighted by Crippen LogP contribution is 2.28. The van der Waals surface area contributed by atoms with Gasteiger partial charge in [-0.2, -0.15) is 13.2 Å². The van der Waals surface area contributed by atoms with Crippen LogP contribution < -0.4 is 15.4 Å². The van der Waals surface area contributed by atoms with Gasteiger partial charge < -0.3 is 29.6 Å². The summed E-state index contributed by atoms with van der Waals surface area (Å²) in [5.74, 6) is 5.15. The number of methoxy groups -OCH3 is 1. The van der Waals surface area contributed by atoms with Gasteiger partial charge >= 0.3 is 12.3 Å². The minimum Gasteiger partial charge on any atom is -0.495 e. The van der Waals surface area contributed by atoms with E-state index in [1.54, 1.807) is 20.8 Å². The van der Waals surface area contributed by atoms with E-state index in [2.05, 4.69) is 27.5 Å². The van der Waals surface area contributed by atoms with E-state index in [1.807, 2.05) is 0 Å². The van der Waals surface area contributed by atoms with Gasteiger partial charge in [0.25, 0.3) is 5.91 Å². The van der Waals surface area contributed by atoms with Crippen molar-refractivity contribution in [3.8, 4) is 17.6 Å². The third kappa shape index (κ3) is 9.28. The minimum absolute atomic E-state index is 0.00168. The van der Waals surface area contributed by atoms with Crippen LogP contribution in [0.15, 0.2) is 41.6 Å². The summed E-state index contributed by atoms with van der Waals surface area (Å²) in [4.78, 5) is 31.1. The maximum absolute atomic E-state index is 15.2. The highest BCUT2D eigenvalue weighted by Gasteiger charge is 2.35. The number of anilines is 1. The smallest absolute Gasteiger partial charge is 0.410 e. The number of imidazole rings is 1. The Morgan fingerprint density at radius 1 is 1.15 bits per heavy atom. The van der Waals surface area contributed by atoms with Crippen molar-refractivity contribution in [2.24, 2.45) is 0 Å². The second kappa shape index (κ2) is 13.7. The molecule has 0 radical (unpaired) electrons. The number of fused-ring (bicyclic) bond motifs is 1. The fourth-order valence-corrected chi connectivity index (χ4v) is 5.50. The lowest BCUT2D eigenvalue weighted by Crippen LogP contribution is -2.54. The zero-order chi connectivity index (χ0) is 34.7. The van der Waals surface area contributed by atoms with Crippen molar-refractivity contribution < 1.29 is 45.0 Å². The van der Waals surface area contributed by atoms with Gasteiger partial charge in [0.05, 0.1) is 54.2 Å². The van der Waals surface area contributed by atoms with Gasteiger partial charge in [-0.3, -0.25) is 4.79 Å². The number of ether oxygens (including phenoxy) is 2. The fraction of sp³-hybridized carbons (Fsp3) is 0.452. The Morgan fingerprint density at radius 2 is 1.87 bits per heavy atom. The first-order valence-corrected chi connectivity index (χ1v) is 16.3. The SMILES string of the molecule is COc1cc(S(C)(=O)=O)ccc1NCC#Cc1cc(C(=O)N[C@H]2CCN(C(=O)OC(C)(C)C)C[C@@H]2F)c2ncn(CC(F)(F)F)c2c1. The largest absolute Gasteiger partial charge is 0.495 e. The van der Waals surface area contributed by atoms with E-state index < -0.39 is 52.4 Å². The topological polar surface area (TPSA) is 132 Å².